The van der Waals surface area contributed by atoms with Gasteiger partial charge in [-0.05, 0) is 86.3 Å². The lowest BCUT2D eigenvalue weighted by Crippen LogP contribution is -2.29. The first kappa shape index (κ1) is 17.2. The minimum absolute atomic E-state index is 0.237. The van der Waals surface area contributed by atoms with Crippen molar-refractivity contribution in [1.29, 1.82) is 5.26 Å². The van der Waals surface area contributed by atoms with Gasteiger partial charge in [0.2, 0.25) is 0 Å². The molecule has 2 aliphatic rings. The normalized spacial score (nSPS) is 22.3. The first-order valence-corrected chi connectivity index (χ1v) is 9.37. The third-order valence-corrected chi connectivity index (χ3v) is 5.66. The SMILES string of the molecule is N#Cc1ccc2c(c1)COC2(CCCN1CCCC1)c1ccc(F)cc1. The molecule has 1 fully saturated rings. The van der Waals surface area contributed by atoms with Crippen molar-refractivity contribution in [2.24, 2.45) is 0 Å². The first-order valence-electron chi connectivity index (χ1n) is 9.37. The molecule has 0 bridgehead atoms. The Balaban J connectivity index is 1.65. The van der Waals surface area contributed by atoms with Crippen LogP contribution in [0.3, 0.4) is 0 Å². The molecule has 2 aromatic carbocycles. The number of benzene rings is 2. The van der Waals surface area contributed by atoms with Crippen LogP contribution in [0.4, 0.5) is 4.39 Å². The van der Waals surface area contributed by atoms with Gasteiger partial charge in [-0.1, -0.05) is 18.2 Å². The Hall–Kier alpha value is -2.22. The quantitative estimate of drug-likeness (QED) is 0.804. The predicted molar refractivity (Wildman–Crippen MR) is 98.0 cm³/mol. The lowest BCUT2D eigenvalue weighted by molar-refractivity contribution is -0.0143. The fourth-order valence-corrected chi connectivity index (χ4v) is 4.32. The molecule has 1 unspecified atom stereocenters. The third kappa shape index (κ3) is 3.13. The van der Waals surface area contributed by atoms with E-state index in [4.69, 9.17) is 4.74 Å². The lowest BCUT2D eigenvalue weighted by atomic mass is 9.81. The number of hydrogen-bond donors (Lipinski definition) is 0. The number of halogens is 1. The molecule has 0 saturated carbocycles. The van der Waals surface area contributed by atoms with E-state index in [1.54, 1.807) is 0 Å². The molecule has 4 heteroatoms. The van der Waals surface area contributed by atoms with Crippen LogP contribution in [0.25, 0.3) is 0 Å². The van der Waals surface area contributed by atoms with E-state index < -0.39 is 5.60 Å². The van der Waals surface area contributed by atoms with Crippen LogP contribution < -0.4 is 0 Å². The molecule has 2 aliphatic heterocycles. The van der Waals surface area contributed by atoms with Gasteiger partial charge in [-0.3, -0.25) is 0 Å². The molecule has 0 aliphatic carbocycles. The Kier molecular flexibility index (Phi) is 4.76. The van der Waals surface area contributed by atoms with Gasteiger partial charge in [-0.25, -0.2) is 4.39 Å². The predicted octanol–water partition coefficient (Wildman–Crippen LogP) is 4.35. The van der Waals surface area contributed by atoms with Crippen LogP contribution in [0, 0.1) is 17.1 Å². The minimum Gasteiger partial charge on any atom is -0.361 e. The Morgan fingerprint density at radius 3 is 2.62 bits per heavy atom. The van der Waals surface area contributed by atoms with Crippen molar-refractivity contribution in [2.45, 2.75) is 37.9 Å². The molecule has 2 aromatic rings. The number of nitriles is 1. The number of likely N-dealkylation sites (tertiary alicyclic amines) is 1. The smallest absolute Gasteiger partial charge is 0.123 e. The van der Waals surface area contributed by atoms with Gasteiger partial charge in [0.25, 0.3) is 0 Å². The zero-order chi connectivity index (χ0) is 18.0. The summed E-state index contributed by atoms with van der Waals surface area (Å²) in [6.45, 7) is 3.93. The van der Waals surface area contributed by atoms with Gasteiger partial charge in [0.1, 0.15) is 11.4 Å². The molecule has 3 nitrogen and oxygen atoms in total. The van der Waals surface area contributed by atoms with Crippen LogP contribution in [-0.2, 0) is 16.9 Å². The monoisotopic (exact) mass is 350 g/mol. The van der Waals surface area contributed by atoms with Crippen molar-refractivity contribution >= 4 is 0 Å². The van der Waals surface area contributed by atoms with Crippen LogP contribution in [0.2, 0.25) is 0 Å². The zero-order valence-corrected chi connectivity index (χ0v) is 14.9. The highest BCUT2D eigenvalue weighted by molar-refractivity contribution is 5.47. The molecular weight excluding hydrogens is 327 g/mol. The van der Waals surface area contributed by atoms with Gasteiger partial charge in [0, 0.05) is 0 Å². The molecule has 26 heavy (non-hydrogen) atoms. The first-order chi connectivity index (χ1) is 12.7. The van der Waals surface area contributed by atoms with Crippen molar-refractivity contribution in [1.82, 2.24) is 4.90 Å². The third-order valence-electron chi connectivity index (χ3n) is 5.66. The maximum atomic E-state index is 13.5. The van der Waals surface area contributed by atoms with Crippen LogP contribution in [0.1, 0.15) is 47.9 Å². The summed E-state index contributed by atoms with van der Waals surface area (Å²) >= 11 is 0. The second-order valence-electron chi connectivity index (χ2n) is 7.26. The molecule has 0 amide bonds. The summed E-state index contributed by atoms with van der Waals surface area (Å²) < 4.78 is 19.8. The van der Waals surface area contributed by atoms with Crippen molar-refractivity contribution in [2.75, 3.05) is 19.6 Å². The van der Waals surface area contributed by atoms with Crippen molar-refractivity contribution in [3.63, 3.8) is 0 Å². The fourth-order valence-electron chi connectivity index (χ4n) is 4.32. The van der Waals surface area contributed by atoms with Gasteiger partial charge in [0.05, 0.1) is 18.2 Å². The van der Waals surface area contributed by atoms with Gasteiger partial charge in [-0.15, -0.1) is 0 Å². The van der Waals surface area contributed by atoms with E-state index in [2.05, 4.69) is 11.0 Å². The molecule has 4 rings (SSSR count). The fraction of sp³-hybridized carbons (Fsp3) is 0.409. The lowest BCUT2D eigenvalue weighted by Gasteiger charge is -2.31. The minimum atomic E-state index is -0.545. The highest BCUT2D eigenvalue weighted by Crippen LogP contribution is 2.45. The summed E-state index contributed by atoms with van der Waals surface area (Å²) in [4.78, 5) is 2.51. The van der Waals surface area contributed by atoms with E-state index in [1.165, 1.54) is 38.1 Å². The molecule has 1 saturated heterocycles. The van der Waals surface area contributed by atoms with E-state index in [0.29, 0.717) is 12.2 Å². The summed E-state index contributed by atoms with van der Waals surface area (Å²) in [5.74, 6) is -0.237. The Morgan fingerprint density at radius 1 is 1.12 bits per heavy atom. The summed E-state index contributed by atoms with van der Waals surface area (Å²) in [6.07, 6.45) is 4.46. The largest absolute Gasteiger partial charge is 0.361 e. The summed E-state index contributed by atoms with van der Waals surface area (Å²) in [7, 11) is 0. The zero-order valence-electron chi connectivity index (χ0n) is 14.9. The van der Waals surface area contributed by atoms with Gasteiger partial charge < -0.3 is 9.64 Å². The molecule has 134 valence electrons. The molecule has 0 aromatic heterocycles. The summed E-state index contributed by atoms with van der Waals surface area (Å²) in [6, 6.07) is 14.7. The van der Waals surface area contributed by atoms with Crippen LogP contribution in [0.5, 0.6) is 0 Å². The van der Waals surface area contributed by atoms with E-state index in [9.17, 15) is 9.65 Å². The summed E-state index contributed by atoms with van der Waals surface area (Å²) in [5.41, 5.74) is 3.28. The van der Waals surface area contributed by atoms with Crippen molar-refractivity contribution < 1.29 is 9.13 Å². The summed E-state index contributed by atoms with van der Waals surface area (Å²) in [5, 5.41) is 9.17. The van der Waals surface area contributed by atoms with Crippen LogP contribution in [-0.4, -0.2) is 24.5 Å². The highest BCUT2D eigenvalue weighted by Gasteiger charge is 2.41. The molecular formula is C22H23FN2O. The van der Waals surface area contributed by atoms with Crippen molar-refractivity contribution in [3.8, 4) is 6.07 Å². The van der Waals surface area contributed by atoms with E-state index in [1.807, 2.05) is 30.3 Å². The second-order valence-corrected chi connectivity index (χ2v) is 7.26. The Bertz CT molecular complexity index is 821. The van der Waals surface area contributed by atoms with Gasteiger partial charge in [-0.2, -0.15) is 5.26 Å². The highest BCUT2D eigenvalue weighted by atomic mass is 19.1. The maximum Gasteiger partial charge on any atom is 0.123 e. The maximum absolute atomic E-state index is 13.5. The second kappa shape index (κ2) is 7.19. The number of hydrogen-bond acceptors (Lipinski definition) is 3. The van der Waals surface area contributed by atoms with E-state index in [-0.39, 0.29) is 5.82 Å². The number of nitrogens with zero attached hydrogens (tertiary/aromatic N) is 2. The van der Waals surface area contributed by atoms with Crippen LogP contribution in [0.15, 0.2) is 42.5 Å². The van der Waals surface area contributed by atoms with E-state index in [0.717, 1.165) is 36.1 Å². The molecule has 1 atom stereocenters. The molecule has 2 heterocycles. The average Bonchev–Trinajstić information content (AvgIpc) is 3.31. The molecule has 0 radical (unpaired) electrons. The molecule has 0 spiro atoms. The standard InChI is InChI=1S/C22H23FN2O/c23-20-7-5-19(6-8-20)22(10-3-13-25-11-1-2-12-25)21-9-4-17(15-24)14-18(21)16-26-22/h4-9,14H,1-3,10-13,16H2. The Morgan fingerprint density at radius 2 is 1.88 bits per heavy atom. The molecule has 0 N–H and O–H groups in total. The average molecular weight is 350 g/mol. The topological polar surface area (TPSA) is 36.3 Å². The van der Waals surface area contributed by atoms with Crippen LogP contribution >= 0.6 is 0 Å². The van der Waals surface area contributed by atoms with Gasteiger partial charge in [0.15, 0.2) is 0 Å². The van der Waals surface area contributed by atoms with Crippen molar-refractivity contribution in [3.05, 3.63) is 70.5 Å². The van der Waals surface area contributed by atoms with E-state index >= 15 is 0 Å². The number of rotatable bonds is 5. The number of ether oxygens (including phenoxy) is 1. The van der Waals surface area contributed by atoms with Gasteiger partial charge >= 0.3 is 0 Å². The Labute approximate surface area is 154 Å². The number of fused-ring (bicyclic) bond motifs is 1.